The summed E-state index contributed by atoms with van der Waals surface area (Å²) in [5.74, 6) is -4.69. The smallest absolute Gasteiger partial charge is 0.252 e. The Morgan fingerprint density at radius 1 is 1.20 bits per heavy atom. The summed E-state index contributed by atoms with van der Waals surface area (Å²) < 4.78 is 39.6. The average molecular weight is 282 g/mol. The summed E-state index contributed by atoms with van der Waals surface area (Å²) >= 11 is 0. The number of nitrogen functional groups attached to an aromatic ring is 1. The van der Waals surface area contributed by atoms with E-state index in [1.807, 2.05) is 0 Å². The molecular formula is C12H9F3N4O. The van der Waals surface area contributed by atoms with Crippen LogP contribution in [0.25, 0.3) is 0 Å². The molecule has 0 unspecified atom stereocenters. The molecule has 0 saturated heterocycles. The largest absolute Gasteiger partial charge is 0.397 e. The second kappa shape index (κ2) is 5.08. The first-order valence-electron chi connectivity index (χ1n) is 5.35. The number of primary amides is 1. The van der Waals surface area contributed by atoms with Crippen molar-refractivity contribution in [2.24, 2.45) is 5.73 Å². The molecule has 5 N–H and O–H groups in total. The third kappa shape index (κ3) is 2.63. The maximum absolute atomic E-state index is 13.5. The Labute approximate surface area is 111 Å². The molecule has 20 heavy (non-hydrogen) atoms. The van der Waals surface area contributed by atoms with Gasteiger partial charge in [-0.15, -0.1) is 0 Å². The average Bonchev–Trinajstić information content (AvgIpc) is 2.37. The first-order valence-corrected chi connectivity index (χ1v) is 5.35. The minimum Gasteiger partial charge on any atom is -0.397 e. The van der Waals surface area contributed by atoms with Crippen LogP contribution in [0.2, 0.25) is 0 Å². The molecule has 1 amide bonds. The summed E-state index contributed by atoms with van der Waals surface area (Å²) in [5, 5.41) is 2.31. The van der Waals surface area contributed by atoms with Gasteiger partial charge in [0.2, 0.25) is 0 Å². The van der Waals surface area contributed by atoms with E-state index in [0.29, 0.717) is 6.07 Å². The number of benzene rings is 1. The Morgan fingerprint density at radius 2 is 1.90 bits per heavy atom. The molecular weight excluding hydrogens is 273 g/mol. The summed E-state index contributed by atoms with van der Waals surface area (Å²) in [4.78, 5) is 15.0. The van der Waals surface area contributed by atoms with Crippen LogP contribution in [0, 0.1) is 17.5 Å². The highest BCUT2D eigenvalue weighted by atomic mass is 19.2. The molecule has 1 aromatic carbocycles. The Kier molecular flexibility index (Phi) is 3.47. The van der Waals surface area contributed by atoms with Crippen LogP contribution < -0.4 is 16.8 Å². The Morgan fingerprint density at radius 3 is 2.55 bits per heavy atom. The van der Waals surface area contributed by atoms with Crippen molar-refractivity contribution < 1.29 is 18.0 Å². The molecule has 0 saturated carbocycles. The van der Waals surface area contributed by atoms with Crippen molar-refractivity contribution in [2.75, 3.05) is 11.1 Å². The second-order valence-electron chi connectivity index (χ2n) is 3.90. The summed E-state index contributed by atoms with van der Waals surface area (Å²) in [6, 6.07) is 2.33. The number of halogens is 3. The molecule has 0 fully saturated rings. The van der Waals surface area contributed by atoms with E-state index in [2.05, 4.69) is 10.3 Å². The number of nitrogens with two attached hydrogens (primary N) is 2. The zero-order chi connectivity index (χ0) is 14.9. The van der Waals surface area contributed by atoms with Gasteiger partial charge in [0.25, 0.3) is 5.91 Å². The van der Waals surface area contributed by atoms with E-state index >= 15 is 0 Å². The molecule has 0 radical (unpaired) electrons. The van der Waals surface area contributed by atoms with Gasteiger partial charge in [0, 0.05) is 12.1 Å². The van der Waals surface area contributed by atoms with Crippen molar-refractivity contribution in [1.29, 1.82) is 0 Å². The molecule has 0 spiro atoms. The summed E-state index contributed by atoms with van der Waals surface area (Å²) in [5.41, 5.74) is 10.1. The lowest BCUT2D eigenvalue weighted by molar-refractivity contribution is 0.100. The highest BCUT2D eigenvalue weighted by Gasteiger charge is 2.15. The molecule has 2 aromatic rings. The van der Waals surface area contributed by atoms with Gasteiger partial charge in [0.1, 0.15) is 11.6 Å². The third-order valence-corrected chi connectivity index (χ3v) is 2.42. The number of carbonyl (C=O) groups excluding carboxylic acids is 1. The first kappa shape index (κ1) is 13.7. The quantitative estimate of drug-likeness (QED) is 0.750. The first-order chi connectivity index (χ1) is 9.38. The fourth-order valence-corrected chi connectivity index (χ4v) is 1.54. The lowest BCUT2D eigenvalue weighted by atomic mass is 10.2. The van der Waals surface area contributed by atoms with Gasteiger partial charge in [-0.05, 0) is 6.07 Å². The molecule has 104 valence electrons. The minimum absolute atomic E-state index is 0.130. The molecule has 5 nitrogen and oxygen atoms in total. The number of hydrogen-bond donors (Lipinski definition) is 3. The monoisotopic (exact) mass is 282 g/mol. The third-order valence-electron chi connectivity index (χ3n) is 2.42. The van der Waals surface area contributed by atoms with E-state index in [1.165, 1.54) is 12.3 Å². The highest BCUT2D eigenvalue weighted by molar-refractivity contribution is 5.99. The van der Waals surface area contributed by atoms with Crippen LogP contribution in [-0.2, 0) is 0 Å². The predicted molar refractivity (Wildman–Crippen MR) is 66.8 cm³/mol. The number of amides is 1. The molecule has 8 heteroatoms. The minimum atomic E-state index is -1.37. The van der Waals surface area contributed by atoms with E-state index in [1.54, 1.807) is 0 Å². The van der Waals surface area contributed by atoms with Crippen LogP contribution in [0.1, 0.15) is 10.4 Å². The Balaban J connectivity index is 2.48. The van der Waals surface area contributed by atoms with Crippen LogP contribution >= 0.6 is 0 Å². The van der Waals surface area contributed by atoms with E-state index < -0.39 is 29.0 Å². The maximum Gasteiger partial charge on any atom is 0.252 e. The molecule has 0 aliphatic carbocycles. The predicted octanol–water partition coefficient (Wildman–Crippen LogP) is 1.92. The Hall–Kier alpha value is -2.77. The normalized spacial score (nSPS) is 10.3. The van der Waals surface area contributed by atoms with Crippen molar-refractivity contribution in [2.45, 2.75) is 0 Å². The second-order valence-corrected chi connectivity index (χ2v) is 3.90. The number of nitrogens with zero attached hydrogens (tertiary/aromatic N) is 1. The van der Waals surface area contributed by atoms with Gasteiger partial charge in [0.15, 0.2) is 11.6 Å². The molecule has 0 atom stereocenters. The van der Waals surface area contributed by atoms with Crippen LogP contribution in [0.5, 0.6) is 0 Å². The lowest BCUT2D eigenvalue weighted by Gasteiger charge is -2.11. The van der Waals surface area contributed by atoms with E-state index in [-0.39, 0.29) is 17.1 Å². The Bertz CT molecular complexity index is 691. The van der Waals surface area contributed by atoms with Gasteiger partial charge in [-0.3, -0.25) is 4.79 Å². The van der Waals surface area contributed by atoms with E-state index in [9.17, 15) is 18.0 Å². The van der Waals surface area contributed by atoms with Crippen LogP contribution in [0.3, 0.4) is 0 Å². The van der Waals surface area contributed by atoms with Crippen LogP contribution in [0.4, 0.5) is 30.4 Å². The lowest BCUT2D eigenvalue weighted by Crippen LogP contribution is -2.15. The standard InChI is InChI=1S/C12H9F3N4O/c13-5-1-8(14)10(15)9(2-5)19-12-7(11(17)20)3-6(16)4-18-12/h1-4H,16H2,(H2,17,20)(H,18,19). The number of nitrogens with one attached hydrogen (secondary N) is 1. The van der Waals surface area contributed by atoms with Gasteiger partial charge in [-0.25, -0.2) is 18.2 Å². The SMILES string of the molecule is NC(=O)c1cc(N)cnc1Nc1cc(F)cc(F)c1F. The van der Waals surface area contributed by atoms with Gasteiger partial charge >= 0.3 is 0 Å². The van der Waals surface area contributed by atoms with E-state index in [0.717, 1.165) is 6.07 Å². The van der Waals surface area contributed by atoms with Gasteiger partial charge in [-0.2, -0.15) is 0 Å². The van der Waals surface area contributed by atoms with Gasteiger partial charge < -0.3 is 16.8 Å². The zero-order valence-corrected chi connectivity index (χ0v) is 9.95. The summed E-state index contributed by atoms with van der Waals surface area (Å²) in [6.07, 6.45) is 1.18. The summed E-state index contributed by atoms with van der Waals surface area (Å²) in [7, 11) is 0. The fourth-order valence-electron chi connectivity index (χ4n) is 1.54. The molecule has 0 aliphatic heterocycles. The summed E-state index contributed by atoms with van der Waals surface area (Å²) in [6.45, 7) is 0. The number of anilines is 3. The van der Waals surface area contributed by atoms with Gasteiger partial charge in [-0.1, -0.05) is 0 Å². The van der Waals surface area contributed by atoms with Gasteiger partial charge in [0.05, 0.1) is 23.1 Å². The van der Waals surface area contributed by atoms with Crippen LogP contribution in [-0.4, -0.2) is 10.9 Å². The highest BCUT2D eigenvalue weighted by Crippen LogP contribution is 2.25. The van der Waals surface area contributed by atoms with Crippen molar-refractivity contribution in [3.63, 3.8) is 0 Å². The maximum atomic E-state index is 13.5. The fraction of sp³-hybridized carbons (Fsp3) is 0. The van der Waals surface area contributed by atoms with Crippen molar-refractivity contribution in [1.82, 2.24) is 4.98 Å². The number of pyridine rings is 1. The van der Waals surface area contributed by atoms with E-state index in [4.69, 9.17) is 11.5 Å². The zero-order valence-electron chi connectivity index (χ0n) is 9.95. The number of rotatable bonds is 3. The molecule has 0 bridgehead atoms. The van der Waals surface area contributed by atoms with Crippen molar-refractivity contribution in [3.8, 4) is 0 Å². The molecule has 1 aromatic heterocycles. The van der Waals surface area contributed by atoms with Crippen LogP contribution in [0.15, 0.2) is 24.4 Å². The number of aromatic nitrogens is 1. The van der Waals surface area contributed by atoms with Crippen molar-refractivity contribution >= 4 is 23.1 Å². The molecule has 0 aliphatic rings. The number of carbonyl (C=O) groups is 1. The molecule has 1 heterocycles. The topological polar surface area (TPSA) is 94.0 Å². The number of hydrogen-bond acceptors (Lipinski definition) is 4. The molecule has 2 rings (SSSR count). The van der Waals surface area contributed by atoms with Crippen molar-refractivity contribution in [3.05, 3.63) is 47.4 Å².